The Labute approximate surface area is 158 Å². The van der Waals surface area contributed by atoms with Crippen molar-refractivity contribution >= 4 is 35.4 Å². The molecule has 144 valence electrons. The third-order valence-corrected chi connectivity index (χ3v) is 4.79. The summed E-state index contributed by atoms with van der Waals surface area (Å²) in [5, 5.41) is 8.03. The van der Waals surface area contributed by atoms with Crippen LogP contribution in [0, 0.1) is 0 Å². The SMILES string of the molecule is Cl.Nc1ccc(N=Nc2ccccc2)c(N)n1.[O]=[Cr](=[O])([O-])[O][Cr](=[O])(=[O])[O-]. The second kappa shape index (κ2) is 10.2. The van der Waals surface area contributed by atoms with Crippen LogP contribution in [0.1, 0.15) is 0 Å². The van der Waals surface area contributed by atoms with Gasteiger partial charge in [0, 0.05) is 0 Å². The summed E-state index contributed by atoms with van der Waals surface area (Å²) in [5.74, 6) is 0.649. The Balaban J connectivity index is 0.000000543. The number of pyridine rings is 1. The zero-order valence-electron chi connectivity index (χ0n) is 12.6. The number of hydrogen-bond acceptors (Lipinski definition) is 12. The molecule has 2 aromatic rings. The molecule has 2 rings (SSSR count). The Kier molecular flexibility index (Phi) is 9.44. The average molecular weight is 466 g/mol. The van der Waals surface area contributed by atoms with E-state index < -0.39 is 27.2 Å². The zero-order chi connectivity index (χ0) is 19.1. The normalized spacial score (nSPS) is 11.3. The van der Waals surface area contributed by atoms with Gasteiger partial charge in [-0.05, 0) is 24.3 Å². The molecule has 1 aromatic carbocycles. The molecule has 0 bridgehead atoms. The Morgan fingerprint density at radius 3 is 1.85 bits per heavy atom. The minimum absolute atomic E-state index is 0. The molecular formula is C11H12ClCr2N5O7-2. The molecule has 0 amide bonds. The third kappa shape index (κ3) is 10.8. The topological polar surface area (TPSA) is 213 Å². The van der Waals surface area contributed by atoms with Gasteiger partial charge in [-0.2, -0.15) is 5.11 Å². The van der Waals surface area contributed by atoms with Crippen LogP contribution in [0.3, 0.4) is 0 Å². The van der Waals surface area contributed by atoms with Gasteiger partial charge in [-0.25, -0.2) is 4.98 Å². The first-order chi connectivity index (χ1) is 11.5. The van der Waals surface area contributed by atoms with E-state index >= 15 is 0 Å². The first-order valence-corrected chi connectivity index (χ1v) is 10.2. The van der Waals surface area contributed by atoms with Crippen molar-refractivity contribution in [2.75, 3.05) is 11.5 Å². The number of nitrogens with two attached hydrogens (primary N) is 2. The van der Waals surface area contributed by atoms with E-state index in [1.807, 2.05) is 30.3 Å². The van der Waals surface area contributed by atoms with Crippen LogP contribution in [0.4, 0.5) is 23.0 Å². The van der Waals surface area contributed by atoms with Gasteiger partial charge in [0.1, 0.15) is 11.5 Å². The number of azo groups is 1. The second-order valence-corrected chi connectivity index (χ2v) is 7.70. The van der Waals surface area contributed by atoms with E-state index in [1.54, 1.807) is 12.1 Å². The number of benzene rings is 1. The molecule has 0 unspecified atom stereocenters. The van der Waals surface area contributed by atoms with Crippen molar-refractivity contribution in [1.29, 1.82) is 0 Å². The second-order valence-electron chi connectivity index (χ2n) is 4.06. The molecule has 1 aromatic heterocycles. The fraction of sp³-hybridized carbons (Fsp3) is 0. The van der Waals surface area contributed by atoms with Crippen LogP contribution in [0.2, 0.25) is 0 Å². The van der Waals surface area contributed by atoms with Gasteiger partial charge in [-0.3, -0.25) is 0 Å². The van der Waals surface area contributed by atoms with Gasteiger partial charge in [0.2, 0.25) is 0 Å². The van der Waals surface area contributed by atoms with Crippen molar-refractivity contribution in [3.05, 3.63) is 42.5 Å². The van der Waals surface area contributed by atoms with Gasteiger partial charge in [0.25, 0.3) is 0 Å². The van der Waals surface area contributed by atoms with Crippen molar-refractivity contribution < 1.29 is 53.6 Å². The summed E-state index contributed by atoms with van der Waals surface area (Å²) < 4.78 is 58.9. The number of halogens is 1. The van der Waals surface area contributed by atoms with Crippen molar-refractivity contribution in [3.8, 4) is 0 Å². The average Bonchev–Trinajstić information content (AvgIpc) is 2.44. The number of hydrogen-bond donors (Lipinski definition) is 2. The molecule has 0 aliphatic heterocycles. The van der Waals surface area contributed by atoms with Crippen LogP contribution in [-0.2, 0) is 45.3 Å². The molecule has 1 heterocycles. The van der Waals surface area contributed by atoms with Crippen LogP contribution in [-0.4, -0.2) is 4.98 Å². The van der Waals surface area contributed by atoms with E-state index in [1.165, 1.54) is 0 Å². The molecule has 0 aliphatic rings. The van der Waals surface area contributed by atoms with Crippen molar-refractivity contribution in [3.63, 3.8) is 0 Å². The summed E-state index contributed by atoms with van der Waals surface area (Å²) in [6, 6.07) is 12.7. The summed E-state index contributed by atoms with van der Waals surface area (Å²) in [7, 11) is 0. The number of rotatable bonds is 4. The van der Waals surface area contributed by atoms with Crippen molar-refractivity contribution in [2.24, 2.45) is 10.2 Å². The molecule has 0 saturated heterocycles. The first kappa shape index (κ1) is 24.0. The first-order valence-electron chi connectivity index (χ1n) is 6.08. The Bertz CT molecular complexity index is 922. The van der Waals surface area contributed by atoms with Gasteiger partial charge >= 0.3 is 53.6 Å². The standard InChI is InChI=1S/C11H11N5.ClH.2Cr.7O/c12-10-7-6-9(11(13)14-10)16-15-8-4-2-1-3-5-8;;;;;;;;;;/h1-7H,(H4,12,13,14);1H;;;;;;;;;/q;;;;;;;;;2*-1. The number of anilines is 2. The van der Waals surface area contributed by atoms with E-state index in [2.05, 4.69) is 18.1 Å². The number of nitrogen functional groups attached to an aromatic ring is 2. The molecule has 0 saturated carbocycles. The van der Waals surface area contributed by atoms with Crippen LogP contribution in [0.15, 0.2) is 52.7 Å². The summed E-state index contributed by atoms with van der Waals surface area (Å²) in [4.78, 5) is 3.89. The van der Waals surface area contributed by atoms with Crippen molar-refractivity contribution in [1.82, 2.24) is 4.98 Å². The van der Waals surface area contributed by atoms with Crippen LogP contribution < -0.4 is 19.8 Å². The fourth-order valence-corrected chi connectivity index (χ4v) is 2.91. The van der Waals surface area contributed by atoms with E-state index in [0.717, 1.165) is 5.69 Å². The Hall–Kier alpha value is -2.00. The molecule has 0 spiro atoms. The maximum absolute atomic E-state index is 9.38. The molecule has 15 heteroatoms. The summed E-state index contributed by atoms with van der Waals surface area (Å²) in [6.45, 7) is 0. The Morgan fingerprint density at radius 1 is 0.885 bits per heavy atom. The van der Waals surface area contributed by atoms with Crippen LogP contribution >= 0.6 is 12.4 Å². The van der Waals surface area contributed by atoms with Gasteiger partial charge < -0.3 is 11.5 Å². The van der Waals surface area contributed by atoms with E-state index in [9.17, 15) is 23.5 Å². The van der Waals surface area contributed by atoms with Crippen LogP contribution in [0.25, 0.3) is 0 Å². The summed E-state index contributed by atoms with van der Waals surface area (Å²) in [6.07, 6.45) is 0. The third-order valence-electron chi connectivity index (χ3n) is 2.12. The van der Waals surface area contributed by atoms with Gasteiger partial charge in [0.05, 0.1) is 5.69 Å². The predicted molar refractivity (Wildman–Crippen MR) is 74.8 cm³/mol. The fourth-order valence-electron chi connectivity index (χ4n) is 1.28. The van der Waals surface area contributed by atoms with Gasteiger partial charge in [-0.15, -0.1) is 17.5 Å². The molecule has 26 heavy (non-hydrogen) atoms. The van der Waals surface area contributed by atoms with E-state index in [-0.39, 0.29) is 18.2 Å². The summed E-state index contributed by atoms with van der Waals surface area (Å²) >= 11 is -12.1. The molecule has 0 atom stereocenters. The zero-order valence-corrected chi connectivity index (χ0v) is 16.0. The number of aromatic nitrogens is 1. The number of nitrogens with zero attached hydrogens (tertiary/aromatic N) is 3. The van der Waals surface area contributed by atoms with Crippen LogP contribution in [0.5, 0.6) is 0 Å². The molecular weight excluding hydrogens is 454 g/mol. The van der Waals surface area contributed by atoms with E-state index in [4.69, 9.17) is 11.5 Å². The molecule has 0 aliphatic carbocycles. The minimum atomic E-state index is -6.07. The van der Waals surface area contributed by atoms with E-state index in [0.29, 0.717) is 11.5 Å². The van der Waals surface area contributed by atoms with Crippen molar-refractivity contribution in [2.45, 2.75) is 0 Å². The summed E-state index contributed by atoms with van der Waals surface area (Å²) in [5.41, 5.74) is 12.4. The van der Waals surface area contributed by atoms with Gasteiger partial charge in [-0.1, -0.05) is 18.2 Å². The molecule has 12 nitrogen and oxygen atoms in total. The monoisotopic (exact) mass is 465 g/mol. The Morgan fingerprint density at radius 2 is 1.42 bits per heavy atom. The molecule has 4 N–H and O–H groups in total. The maximum atomic E-state index is 9.38. The molecule has 0 radical (unpaired) electrons. The predicted octanol–water partition coefficient (Wildman–Crippen LogP) is 0.157. The molecule has 0 fully saturated rings. The van der Waals surface area contributed by atoms with Gasteiger partial charge in [0.15, 0.2) is 5.82 Å². The quantitative estimate of drug-likeness (QED) is 0.583.